The lowest BCUT2D eigenvalue weighted by Crippen LogP contribution is -2.57. The molecule has 3 amide bonds. The molecule has 0 bridgehead atoms. The minimum Gasteiger partial charge on any atom is -0.455 e. The average molecular weight is 620 g/mol. The number of benzene rings is 1. The first-order valence-electron chi connectivity index (χ1n) is 16.7. The summed E-state index contributed by atoms with van der Waals surface area (Å²) < 4.78 is 13.0. The van der Waals surface area contributed by atoms with Gasteiger partial charge in [0, 0.05) is 32.2 Å². The number of hydrogen-bond acceptors (Lipinski definition) is 7. The van der Waals surface area contributed by atoms with Crippen LogP contribution in [0.5, 0.6) is 0 Å². The first kappa shape index (κ1) is 31.5. The first-order chi connectivity index (χ1) is 21.9. The predicted molar refractivity (Wildman–Crippen MR) is 165 cm³/mol. The van der Waals surface area contributed by atoms with Crippen molar-refractivity contribution in [3.63, 3.8) is 0 Å². The fraction of sp³-hybridized carbons (Fsp3) is 0.600. The summed E-state index contributed by atoms with van der Waals surface area (Å²) in [6.45, 7) is 0.942. The number of aliphatic hydroxyl groups excluding tert-OH is 1. The SMILES string of the molecule is O=C1CC/C=C\[C@H]2O[C@]34C=CCN(C5CCCCC5)C(=O)[C@H]3N(CCCCCO)C(=O)[C@@H]4[C@H]2C(=O)O[C@H](c2ccccc2)CN1. The normalized spacial score (nSPS) is 33.3. The Balaban J connectivity index is 1.38. The van der Waals surface area contributed by atoms with Crippen LogP contribution in [0, 0.1) is 11.8 Å². The zero-order chi connectivity index (χ0) is 31.4. The molecule has 0 radical (unpaired) electrons. The second-order valence-corrected chi connectivity index (χ2v) is 12.9. The van der Waals surface area contributed by atoms with E-state index in [0.29, 0.717) is 38.8 Å². The van der Waals surface area contributed by atoms with Crippen molar-refractivity contribution in [2.75, 3.05) is 26.2 Å². The summed E-state index contributed by atoms with van der Waals surface area (Å²) in [5.41, 5.74) is -0.596. The maximum absolute atomic E-state index is 14.6. The molecule has 5 aliphatic rings. The van der Waals surface area contributed by atoms with E-state index >= 15 is 0 Å². The van der Waals surface area contributed by atoms with Crippen molar-refractivity contribution in [3.05, 3.63) is 60.2 Å². The number of unbranched alkanes of at least 4 members (excludes halogenated alkanes) is 2. The molecule has 1 spiro atoms. The quantitative estimate of drug-likeness (QED) is 0.273. The third kappa shape index (κ3) is 6.19. The predicted octanol–water partition coefficient (Wildman–Crippen LogP) is 3.21. The second-order valence-electron chi connectivity index (χ2n) is 12.9. The Kier molecular flexibility index (Phi) is 9.70. The molecule has 6 rings (SSSR count). The Labute approximate surface area is 264 Å². The molecule has 0 unspecified atom stereocenters. The van der Waals surface area contributed by atoms with Crippen molar-refractivity contribution in [3.8, 4) is 0 Å². The van der Waals surface area contributed by atoms with Gasteiger partial charge in [0.05, 0.1) is 18.6 Å². The van der Waals surface area contributed by atoms with Gasteiger partial charge in [0.25, 0.3) is 0 Å². The third-order valence-electron chi connectivity index (χ3n) is 10.1. The highest BCUT2D eigenvalue weighted by Crippen LogP contribution is 2.53. The van der Waals surface area contributed by atoms with Gasteiger partial charge in [-0.2, -0.15) is 0 Å². The number of hydrogen-bond donors (Lipinski definition) is 2. The molecule has 45 heavy (non-hydrogen) atoms. The molecule has 10 nitrogen and oxygen atoms in total. The molecule has 2 N–H and O–H groups in total. The molecule has 1 aromatic carbocycles. The van der Waals surface area contributed by atoms with E-state index in [0.717, 1.165) is 37.7 Å². The molecule has 4 heterocycles. The maximum Gasteiger partial charge on any atom is 0.313 e. The number of likely N-dealkylation sites (tertiary alicyclic amines) is 1. The Morgan fingerprint density at radius 1 is 0.956 bits per heavy atom. The highest BCUT2D eigenvalue weighted by molar-refractivity contribution is 5.99. The Bertz CT molecular complexity index is 1310. The van der Waals surface area contributed by atoms with Crippen LogP contribution in [-0.4, -0.2) is 88.6 Å². The molecule has 1 saturated carbocycles. The minimum atomic E-state index is -1.33. The Morgan fingerprint density at radius 3 is 2.53 bits per heavy atom. The topological polar surface area (TPSA) is 125 Å². The maximum atomic E-state index is 14.6. The highest BCUT2D eigenvalue weighted by Gasteiger charge is 2.71. The second kappa shape index (κ2) is 13.9. The molecule has 10 heteroatoms. The van der Waals surface area contributed by atoms with Gasteiger partial charge in [0.2, 0.25) is 17.7 Å². The van der Waals surface area contributed by atoms with Crippen LogP contribution in [0.4, 0.5) is 0 Å². The van der Waals surface area contributed by atoms with Crippen LogP contribution in [0.1, 0.15) is 75.9 Å². The summed E-state index contributed by atoms with van der Waals surface area (Å²) in [5.74, 6) is -3.05. The van der Waals surface area contributed by atoms with Crippen LogP contribution in [0.3, 0.4) is 0 Å². The van der Waals surface area contributed by atoms with Crippen molar-refractivity contribution >= 4 is 23.7 Å². The van der Waals surface area contributed by atoms with Crippen LogP contribution >= 0.6 is 0 Å². The largest absolute Gasteiger partial charge is 0.455 e. The number of ether oxygens (including phenoxy) is 2. The van der Waals surface area contributed by atoms with Crippen molar-refractivity contribution in [2.45, 2.75) is 94.1 Å². The number of aliphatic hydroxyl groups is 1. The van der Waals surface area contributed by atoms with E-state index < -0.39 is 41.7 Å². The van der Waals surface area contributed by atoms with E-state index in [-0.39, 0.29) is 43.3 Å². The van der Waals surface area contributed by atoms with Crippen LogP contribution in [0.25, 0.3) is 0 Å². The number of rotatable bonds is 7. The number of carbonyl (C=O) groups excluding carboxylic acids is 4. The van der Waals surface area contributed by atoms with Gasteiger partial charge in [-0.3, -0.25) is 19.2 Å². The summed E-state index contributed by atoms with van der Waals surface area (Å²) in [7, 11) is 0. The number of nitrogens with one attached hydrogen (secondary N) is 1. The van der Waals surface area contributed by atoms with Gasteiger partial charge in [0.15, 0.2) is 0 Å². The van der Waals surface area contributed by atoms with Crippen molar-refractivity contribution in [2.24, 2.45) is 11.8 Å². The number of fused-ring (bicyclic) bond motifs is 2. The molecule has 4 aliphatic heterocycles. The zero-order valence-electron chi connectivity index (χ0n) is 25.9. The van der Waals surface area contributed by atoms with E-state index in [9.17, 15) is 24.3 Å². The van der Waals surface area contributed by atoms with E-state index in [4.69, 9.17) is 9.47 Å². The summed E-state index contributed by atoms with van der Waals surface area (Å²) in [4.78, 5) is 59.5. The van der Waals surface area contributed by atoms with Gasteiger partial charge in [-0.05, 0) is 44.1 Å². The average Bonchev–Trinajstić information content (AvgIpc) is 3.44. The van der Waals surface area contributed by atoms with Crippen LogP contribution < -0.4 is 5.32 Å². The third-order valence-corrected chi connectivity index (χ3v) is 10.1. The fourth-order valence-electron chi connectivity index (χ4n) is 7.96. The van der Waals surface area contributed by atoms with Gasteiger partial charge >= 0.3 is 5.97 Å². The first-order valence-corrected chi connectivity index (χ1v) is 16.7. The molecule has 3 fully saturated rings. The summed E-state index contributed by atoms with van der Waals surface area (Å²) in [6.07, 6.45) is 13.7. The van der Waals surface area contributed by atoms with Crippen LogP contribution in [0.2, 0.25) is 0 Å². The number of esters is 1. The zero-order valence-corrected chi connectivity index (χ0v) is 25.9. The number of carbonyl (C=O) groups is 4. The Morgan fingerprint density at radius 2 is 1.76 bits per heavy atom. The molecule has 6 atom stereocenters. The fourth-order valence-corrected chi connectivity index (χ4v) is 7.96. The van der Waals surface area contributed by atoms with E-state index in [1.54, 1.807) is 11.0 Å². The van der Waals surface area contributed by atoms with Crippen LogP contribution in [0.15, 0.2) is 54.6 Å². The highest BCUT2D eigenvalue weighted by atomic mass is 16.6. The van der Waals surface area contributed by atoms with Gasteiger partial charge in [0.1, 0.15) is 23.7 Å². The van der Waals surface area contributed by atoms with Gasteiger partial charge in [-0.25, -0.2) is 0 Å². The molecule has 242 valence electrons. The molecule has 1 aliphatic carbocycles. The standard InChI is InChI=1S/C35H45N3O7/c39-22-11-3-10-20-38-31-33(42)37(25-15-6-2-7-16-25)21-12-19-35(31)30(32(38)41)29-26(45-35)17-8-9-18-28(40)36-23-27(44-34(29)43)24-13-4-1-5-14-24/h1,4-5,8,12-14,17,19,25-27,29-31,39H,2-3,6-7,9-11,15-16,18,20-23H2,(H,36,40)/b17-8-/t26-,27+,29+,30+,31-,35+/m1/s1. The Hall–Kier alpha value is -3.50. The number of allylic oxidation sites excluding steroid dienone is 1. The molecule has 2 saturated heterocycles. The monoisotopic (exact) mass is 619 g/mol. The van der Waals surface area contributed by atoms with Gasteiger partial charge < -0.3 is 29.7 Å². The molecular weight excluding hydrogens is 574 g/mol. The summed E-state index contributed by atoms with van der Waals surface area (Å²) in [6, 6.07) is 8.46. The van der Waals surface area contributed by atoms with Gasteiger partial charge in [-0.15, -0.1) is 0 Å². The number of nitrogens with zero attached hydrogens (tertiary/aromatic N) is 2. The van der Waals surface area contributed by atoms with Crippen LogP contribution in [-0.2, 0) is 28.7 Å². The molecular formula is C35H45N3O7. The summed E-state index contributed by atoms with van der Waals surface area (Å²) >= 11 is 0. The van der Waals surface area contributed by atoms with E-state index in [1.165, 1.54) is 0 Å². The van der Waals surface area contributed by atoms with Gasteiger partial charge in [-0.1, -0.05) is 73.9 Å². The van der Waals surface area contributed by atoms with E-state index in [1.807, 2.05) is 53.5 Å². The summed E-state index contributed by atoms with van der Waals surface area (Å²) in [5, 5.41) is 12.2. The number of amides is 3. The minimum absolute atomic E-state index is 0.0646. The molecule has 1 aromatic rings. The van der Waals surface area contributed by atoms with Crippen molar-refractivity contribution < 1.29 is 33.8 Å². The lowest BCUT2D eigenvalue weighted by atomic mass is 9.77. The smallest absolute Gasteiger partial charge is 0.313 e. The number of cyclic esters (lactones) is 1. The molecule has 0 aromatic heterocycles. The van der Waals surface area contributed by atoms with Crippen molar-refractivity contribution in [1.82, 2.24) is 15.1 Å². The lowest BCUT2D eigenvalue weighted by molar-refractivity contribution is -0.160. The van der Waals surface area contributed by atoms with Crippen molar-refractivity contribution in [1.29, 1.82) is 0 Å². The lowest BCUT2D eigenvalue weighted by Gasteiger charge is -2.39. The van der Waals surface area contributed by atoms with E-state index in [2.05, 4.69) is 5.32 Å².